The summed E-state index contributed by atoms with van der Waals surface area (Å²) in [5.74, 6) is 0.654. The fraction of sp³-hybridized carbons (Fsp3) is 0.643. The molecule has 0 saturated carbocycles. The van der Waals surface area contributed by atoms with Crippen LogP contribution in [0.2, 0.25) is 5.02 Å². The Morgan fingerprint density at radius 1 is 1.29 bits per heavy atom. The van der Waals surface area contributed by atoms with Crippen LogP contribution in [-0.2, 0) is 4.79 Å². The first-order valence-electron chi connectivity index (χ1n) is 7.25. The van der Waals surface area contributed by atoms with Crippen LogP contribution in [0.1, 0.15) is 19.3 Å². The van der Waals surface area contributed by atoms with Gasteiger partial charge in [0.15, 0.2) is 0 Å². The molecule has 2 fully saturated rings. The Morgan fingerprint density at radius 3 is 2.52 bits per heavy atom. The molecule has 0 aromatic carbocycles. The van der Waals surface area contributed by atoms with E-state index < -0.39 is 6.67 Å². The minimum atomic E-state index is -0.403. The minimum absolute atomic E-state index is 0.0962. The highest BCUT2D eigenvalue weighted by Gasteiger charge is 2.35. The Morgan fingerprint density at radius 2 is 1.95 bits per heavy atom. The number of hydrogen-bond acceptors (Lipinski definition) is 4. The van der Waals surface area contributed by atoms with E-state index in [-0.39, 0.29) is 17.9 Å². The van der Waals surface area contributed by atoms with Gasteiger partial charge in [0.2, 0.25) is 11.9 Å². The zero-order chi connectivity index (χ0) is 14.8. The molecule has 1 aromatic rings. The van der Waals surface area contributed by atoms with Gasteiger partial charge >= 0.3 is 0 Å². The second-order valence-electron chi connectivity index (χ2n) is 5.69. The third kappa shape index (κ3) is 3.10. The lowest BCUT2D eigenvalue weighted by molar-refractivity contribution is -0.130. The van der Waals surface area contributed by atoms with Crippen molar-refractivity contribution < 1.29 is 9.18 Å². The van der Waals surface area contributed by atoms with Gasteiger partial charge in [0.05, 0.1) is 24.1 Å². The zero-order valence-corrected chi connectivity index (χ0v) is 12.5. The molecule has 114 valence electrons. The van der Waals surface area contributed by atoms with Gasteiger partial charge in [-0.15, -0.1) is 0 Å². The molecular formula is C14H18ClFN4O. The molecule has 1 aromatic heterocycles. The molecule has 2 aliphatic heterocycles. The average Bonchev–Trinajstić information content (AvgIpc) is 2.89. The fourth-order valence-electron chi connectivity index (χ4n) is 3.11. The van der Waals surface area contributed by atoms with E-state index in [1.165, 1.54) is 0 Å². The molecule has 2 aliphatic rings. The predicted octanol–water partition coefficient (Wildman–Crippen LogP) is 1.92. The molecule has 0 spiro atoms. The lowest BCUT2D eigenvalue weighted by Gasteiger charge is -2.36. The lowest BCUT2D eigenvalue weighted by atomic mass is 10.0. The van der Waals surface area contributed by atoms with E-state index in [0.717, 1.165) is 25.9 Å². The summed E-state index contributed by atoms with van der Waals surface area (Å²) in [6.45, 7) is 1.77. The molecule has 0 aliphatic carbocycles. The highest BCUT2D eigenvalue weighted by atomic mass is 35.5. The highest BCUT2D eigenvalue weighted by molar-refractivity contribution is 6.30. The number of nitrogens with zero attached hydrogens (tertiary/aromatic N) is 4. The Kier molecular flexibility index (Phi) is 4.24. The molecule has 7 heteroatoms. The molecule has 0 radical (unpaired) electrons. The molecular weight excluding hydrogens is 295 g/mol. The number of hydrogen-bond donors (Lipinski definition) is 0. The van der Waals surface area contributed by atoms with Crippen molar-refractivity contribution in [1.82, 2.24) is 14.9 Å². The molecule has 1 amide bonds. The Labute approximate surface area is 128 Å². The van der Waals surface area contributed by atoms with Crippen LogP contribution in [0, 0.1) is 5.92 Å². The number of anilines is 1. The van der Waals surface area contributed by atoms with Gasteiger partial charge in [-0.25, -0.2) is 9.97 Å². The van der Waals surface area contributed by atoms with E-state index in [4.69, 9.17) is 11.6 Å². The number of carbonyl (C=O) groups is 1. The van der Waals surface area contributed by atoms with Gasteiger partial charge < -0.3 is 9.80 Å². The van der Waals surface area contributed by atoms with E-state index in [2.05, 4.69) is 14.9 Å². The van der Waals surface area contributed by atoms with Gasteiger partial charge in [-0.3, -0.25) is 9.18 Å². The summed E-state index contributed by atoms with van der Waals surface area (Å²) in [5.41, 5.74) is 0. The predicted molar refractivity (Wildman–Crippen MR) is 78.1 cm³/mol. The van der Waals surface area contributed by atoms with E-state index in [9.17, 15) is 9.18 Å². The number of amides is 1. The van der Waals surface area contributed by atoms with Gasteiger partial charge in [-0.2, -0.15) is 0 Å². The quantitative estimate of drug-likeness (QED) is 0.855. The van der Waals surface area contributed by atoms with Gasteiger partial charge in [-0.1, -0.05) is 11.6 Å². The van der Waals surface area contributed by atoms with E-state index in [1.807, 2.05) is 4.90 Å². The normalized spacial score (nSPS) is 23.9. The average molecular weight is 313 g/mol. The molecule has 5 nitrogen and oxygen atoms in total. The van der Waals surface area contributed by atoms with Crippen LogP contribution in [0.4, 0.5) is 10.3 Å². The molecule has 21 heavy (non-hydrogen) atoms. The lowest BCUT2D eigenvalue weighted by Crippen LogP contribution is -2.46. The zero-order valence-electron chi connectivity index (χ0n) is 11.7. The Bertz CT molecular complexity index is 504. The second-order valence-corrected chi connectivity index (χ2v) is 6.13. The van der Waals surface area contributed by atoms with E-state index in [0.29, 0.717) is 23.9 Å². The molecule has 3 rings (SSSR count). The van der Waals surface area contributed by atoms with Crippen molar-refractivity contribution in [2.24, 2.45) is 5.92 Å². The maximum absolute atomic E-state index is 12.7. The maximum atomic E-state index is 12.7. The first-order valence-corrected chi connectivity index (χ1v) is 7.63. The summed E-state index contributed by atoms with van der Waals surface area (Å²) >= 11 is 5.78. The molecule has 0 N–H and O–H groups in total. The van der Waals surface area contributed by atoms with Crippen molar-refractivity contribution in [3.05, 3.63) is 17.4 Å². The smallest absolute Gasteiger partial charge is 0.225 e. The summed E-state index contributed by atoms with van der Waals surface area (Å²) in [6.07, 6.45) is 5.28. The molecule has 1 atom stereocenters. The van der Waals surface area contributed by atoms with Crippen LogP contribution in [0.5, 0.6) is 0 Å². The minimum Gasteiger partial charge on any atom is -0.341 e. The largest absolute Gasteiger partial charge is 0.341 e. The number of piperidine rings is 1. The van der Waals surface area contributed by atoms with Crippen LogP contribution < -0.4 is 4.90 Å². The number of halogens is 2. The maximum Gasteiger partial charge on any atom is 0.225 e. The fourth-order valence-corrected chi connectivity index (χ4v) is 3.21. The first kappa shape index (κ1) is 14.5. The Hall–Kier alpha value is -1.43. The SMILES string of the molecule is O=C1CC(CF)CN1C1CCN(c2ncc(Cl)cn2)CC1. The van der Waals surface area contributed by atoms with E-state index in [1.54, 1.807) is 12.4 Å². The van der Waals surface area contributed by atoms with Crippen LogP contribution in [0.25, 0.3) is 0 Å². The summed E-state index contributed by atoms with van der Waals surface area (Å²) in [7, 11) is 0. The van der Waals surface area contributed by atoms with Crippen molar-refractivity contribution >= 4 is 23.5 Å². The summed E-state index contributed by atoms with van der Waals surface area (Å²) in [6, 6.07) is 0.220. The number of aromatic nitrogens is 2. The topological polar surface area (TPSA) is 49.3 Å². The van der Waals surface area contributed by atoms with Crippen molar-refractivity contribution in [2.75, 3.05) is 31.2 Å². The highest BCUT2D eigenvalue weighted by Crippen LogP contribution is 2.26. The molecule has 0 bridgehead atoms. The van der Waals surface area contributed by atoms with Gasteiger partial charge in [-0.05, 0) is 12.8 Å². The Balaban J connectivity index is 1.58. The van der Waals surface area contributed by atoms with Crippen molar-refractivity contribution in [3.63, 3.8) is 0 Å². The standard InChI is InChI=1S/C14H18ClFN4O/c15-11-7-17-14(18-8-11)19-3-1-12(2-4-19)20-9-10(6-16)5-13(20)21/h7-8,10,12H,1-6,9H2. The molecule has 3 heterocycles. The number of likely N-dealkylation sites (tertiary alicyclic amines) is 1. The molecule has 1 unspecified atom stereocenters. The van der Waals surface area contributed by atoms with Crippen molar-refractivity contribution in [3.8, 4) is 0 Å². The summed E-state index contributed by atoms with van der Waals surface area (Å²) in [5, 5.41) is 0.522. The third-order valence-electron chi connectivity index (χ3n) is 4.25. The van der Waals surface area contributed by atoms with Gasteiger partial charge in [0.25, 0.3) is 0 Å². The number of rotatable bonds is 3. The number of carbonyl (C=O) groups excluding carboxylic acids is 1. The van der Waals surface area contributed by atoms with Crippen molar-refractivity contribution in [2.45, 2.75) is 25.3 Å². The van der Waals surface area contributed by atoms with Crippen molar-refractivity contribution in [1.29, 1.82) is 0 Å². The third-order valence-corrected chi connectivity index (χ3v) is 4.45. The second kappa shape index (κ2) is 6.13. The monoisotopic (exact) mass is 312 g/mol. The van der Waals surface area contributed by atoms with E-state index >= 15 is 0 Å². The van der Waals surface area contributed by atoms with Gasteiger partial charge in [0.1, 0.15) is 0 Å². The molecule has 2 saturated heterocycles. The first-order chi connectivity index (χ1) is 10.2. The van der Waals surface area contributed by atoms with Crippen LogP contribution in [0.15, 0.2) is 12.4 Å². The van der Waals surface area contributed by atoms with Crippen LogP contribution in [0.3, 0.4) is 0 Å². The van der Waals surface area contributed by atoms with Crippen LogP contribution in [-0.4, -0.2) is 53.1 Å². The summed E-state index contributed by atoms with van der Waals surface area (Å²) in [4.78, 5) is 24.3. The van der Waals surface area contributed by atoms with Crippen LogP contribution >= 0.6 is 11.6 Å². The summed E-state index contributed by atoms with van der Waals surface area (Å²) < 4.78 is 12.7. The van der Waals surface area contributed by atoms with Gasteiger partial charge in [0, 0.05) is 38.0 Å². The number of alkyl halides is 1.